The second-order valence-electron chi connectivity index (χ2n) is 6.32. The summed E-state index contributed by atoms with van der Waals surface area (Å²) < 4.78 is 5.20. The Labute approximate surface area is 132 Å². The molecule has 0 aromatic carbocycles. The van der Waals surface area contributed by atoms with Gasteiger partial charge in [0, 0.05) is 6.42 Å². The van der Waals surface area contributed by atoms with E-state index < -0.39 is 0 Å². The summed E-state index contributed by atoms with van der Waals surface area (Å²) >= 11 is 0. The number of carbonyl (C=O) groups excluding carboxylic acids is 1. The number of unbranched alkanes of at least 4 members (excludes halogenated alkanes) is 7. The van der Waals surface area contributed by atoms with Gasteiger partial charge in [-0.1, -0.05) is 65.0 Å². The number of allylic oxidation sites excluding steroid dienone is 2. The number of hydrogen-bond acceptors (Lipinski definition) is 2. The van der Waals surface area contributed by atoms with Crippen LogP contribution in [-0.2, 0) is 9.53 Å². The zero-order valence-corrected chi connectivity index (χ0v) is 14.5. The molecule has 21 heavy (non-hydrogen) atoms. The molecule has 0 saturated carbocycles. The first-order chi connectivity index (χ1) is 10.2. The van der Waals surface area contributed by atoms with Crippen LogP contribution in [-0.4, -0.2) is 12.6 Å². The topological polar surface area (TPSA) is 26.3 Å². The largest absolute Gasteiger partial charge is 0.466 e. The van der Waals surface area contributed by atoms with Crippen molar-refractivity contribution in [1.82, 2.24) is 0 Å². The van der Waals surface area contributed by atoms with Gasteiger partial charge in [0.15, 0.2) is 0 Å². The van der Waals surface area contributed by atoms with Gasteiger partial charge in [-0.25, -0.2) is 0 Å². The fraction of sp³-hybridized carbons (Fsp3) is 0.842. The van der Waals surface area contributed by atoms with E-state index in [-0.39, 0.29) is 5.97 Å². The van der Waals surface area contributed by atoms with Gasteiger partial charge in [0.2, 0.25) is 0 Å². The number of hydrogen-bond donors (Lipinski definition) is 0. The molecular formula is C19H36O2. The minimum Gasteiger partial charge on any atom is -0.466 e. The van der Waals surface area contributed by atoms with Gasteiger partial charge < -0.3 is 4.74 Å². The molecule has 0 N–H and O–H groups in total. The molecule has 0 heterocycles. The van der Waals surface area contributed by atoms with Crippen molar-refractivity contribution < 1.29 is 9.53 Å². The van der Waals surface area contributed by atoms with Crippen molar-refractivity contribution in [2.75, 3.05) is 6.61 Å². The average molecular weight is 296 g/mol. The van der Waals surface area contributed by atoms with E-state index >= 15 is 0 Å². The maximum absolute atomic E-state index is 11.5. The minimum atomic E-state index is -0.0190. The Balaban J connectivity index is 3.21. The monoisotopic (exact) mass is 296 g/mol. The Morgan fingerprint density at radius 1 is 0.952 bits per heavy atom. The molecule has 0 unspecified atom stereocenters. The number of carbonyl (C=O) groups is 1. The third-order valence-electron chi connectivity index (χ3n) is 3.60. The van der Waals surface area contributed by atoms with E-state index in [0.717, 1.165) is 19.3 Å². The lowest BCUT2D eigenvalue weighted by molar-refractivity contribution is -0.144. The second-order valence-corrected chi connectivity index (χ2v) is 6.32. The van der Waals surface area contributed by atoms with Gasteiger partial charge >= 0.3 is 5.97 Å². The zero-order valence-electron chi connectivity index (χ0n) is 14.5. The maximum Gasteiger partial charge on any atom is 0.305 e. The fourth-order valence-corrected chi connectivity index (χ4v) is 2.10. The van der Waals surface area contributed by atoms with E-state index in [1.54, 1.807) is 0 Å². The first-order valence-electron chi connectivity index (χ1n) is 8.97. The predicted molar refractivity (Wildman–Crippen MR) is 91.4 cm³/mol. The summed E-state index contributed by atoms with van der Waals surface area (Å²) in [6.45, 7) is 7.11. The first-order valence-corrected chi connectivity index (χ1v) is 8.97. The predicted octanol–water partition coefficient (Wildman–Crippen LogP) is 6.05. The first kappa shape index (κ1) is 20.2. The maximum atomic E-state index is 11.5. The molecule has 0 amide bonds. The summed E-state index contributed by atoms with van der Waals surface area (Å²) in [7, 11) is 0. The van der Waals surface area contributed by atoms with E-state index in [2.05, 4.69) is 32.9 Å². The summed E-state index contributed by atoms with van der Waals surface area (Å²) in [6, 6.07) is 0. The normalized spacial score (nSPS) is 11.4. The van der Waals surface area contributed by atoms with Crippen molar-refractivity contribution in [2.24, 2.45) is 5.92 Å². The fourth-order valence-electron chi connectivity index (χ4n) is 2.10. The van der Waals surface area contributed by atoms with Gasteiger partial charge in [-0.15, -0.1) is 0 Å². The van der Waals surface area contributed by atoms with Gasteiger partial charge in [-0.2, -0.15) is 0 Å². The molecule has 0 atom stereocenters. The summed E-state index contributed by atoms with van der Waals surface area (Å²) in [6.07, 6.45) is 17.2. The van der Waals surface area contributed by atoms with Crippen molar-refractivity contribution in [3.8, 4) is 0 Å². The van der Waals surface area contributed by atoms with Gasteiger partial charge in [0.25, 0.3) is 0 Å². The molecule has 2 nitrogen and oxygen atoms in total. The third-order valence-corrected chi connectivity index (χ3v) is 3.60. The second kappa shape index (κ2) is 15.6. The third kappa shape index (κ3) is 17.2. The summed E-state index contributed by atoms with van der Waals surface area (Å²) in [5.74, 6) is 0.586. The lowest BCUT2D eigenvalue weighted by Crippen LogP contribution is -2.07. The zero-order chi connectivity index (χ0) is 15.8. The standard InChI is InChI=1S/C19H36O2/c1-4-5-6-7-8-9-10-11-12-13-14-15-19(20)21-17-16-18(2)3/h7-8,18H,4-6,9-17H2,1-3H3/b8-7-. The van der Waals surface area contributed by atoms with Crippen LogP contribution < -0.4 is 0 Å². The summed E-state index contributed by atoms with van der Waals surface area (Å²) in [5.41, 5.74) is 0. The molecule has 0 radical (unpaired) electrons. The van der Waals surface area contributed by atoms with Crippen LogP contribution in [0.4, 0.5) is 0 Å². The van der Waals surface area contributed by atoms with Crippen LogP contribution in [0.1, 0.15) is 91.4 Å². The summed E-state index contributed by atoms with van der Waals surface area (Å²) in [5, 5.41) is 0. The van der Waals surface area contributed by atoms with E-state index in [0.29, 0.717) is 18.9 Å². The van der Waals surface area contributed by atoms with Crippen LogP contribution in [0.3, 0.4) is 0 Å². The number of esters is 1. The highest BCUT2D eigenvalue weighted by atomic mass is 16.5. The van der Waals surface area contributed by atoms with Crippen molar-refractivity contribution >= 4 is 5.97 Å². The Kier molecular flexibility index (Phi) is 15.0. The number of rotatable bonds is 14. The molecule has 0 saturated heterocycles. The van der Waals surface area contributed by atoms with E-state index in [1.807, 2.05) is 0 Å². The average Bonchev–Trinajstić information content (AvgIpc) is 2.44. The molecule has 0 aromatic rings. The highest BCUT2D eigenvalue weighted by Crippen LogP contribution is 2.09. The molecule has 0 bridgehead atoms. The van der Waals surface area contributed by atoms with Crippen LogP contribution in [0.5, 0.6) is 0 Å². The molecule has 0 spiro atoms. The van der Waals surface area contributed by atoms with E-state index in [1.165, 1.54) is 44.9 Å². The van der Waals surface area contributed by atoms with E-state index in [4.69, 9.17) is 4.74 Å². The molecule has 0 aliphatic carbocycles. The van der Waals surface area contributed by atoms with Gasteiger partial charge in [0.1, 0.15) is 0 Å². The molecule has 124 valence electrons. The van der Waals surface area contributed by atoms with Gasteiger partial charge in [-0.3, -0.25) is 4.79 Å². The van der Waals surface area contributed by atoms with Crippen LogP contribution in [0, 0.1) is 5.92 Å². The van der Waals surface area contributed by atoms with Crippen molar-refractivity contribution in [2.45, 2.75) is 91.4 Å². The highest BCUT2D eigenvalue weighted by molar-refractivity contribution is 5.69. The lowest BCUT2D eigenvalue weighted by atomic mass is 10.1. The minimum absolute atomic E-state index is 0.0190. The molecule has 0 aliphatic heterocycles. The molecule has 0 aliphatic rings. The lowest BCUT2D eigenvalue weighted by Gasteiger charge is -2.06. The number of ether oxygens (including phenoxy) is 1. The molecule has 0 fully saturated rings. The molecule has 0 aromatic heterocycles. The Hall–Kier alpha value is -0.790. The van der Waals surface area contributed by atoms with Gasteiger partial charge in [0.05, 0.1) is 6.61 Å². The van der Waals surface area contributed by atoms with Crippen LogP contribution in [0.2, 0.25) is 0 Å². The van der Waals surface area contributed by atoms with Crippen molar-refractivity contribution in [1.29, 1.82) is 0 Å². The van der Waals surface area contributed by atoms with Crippen LogP contribution in [0.15, 0.2) is 12.2 Å². The Bertz CT molecular complexity index is 256. The quantitative estimate of drug-likeness (QED) is 0.221. The van der Waals surface area contributed by atoms with Crippen LogP contribution in [0.25, 0.3) is 0 Å². The molecular weight excluding hydrogens is 260 g/mol. The Morgan fingerprint density at radius 2 is 1.57 bits per heavy atom. The van der Waals surface area contributed by atoms with Crippen LogP contribution >= 0.6 is 0 Å². The van der Waals surface area contributed by atoms with Crippen molar-refractivity contribution in [3.63, 3.8) is 0 Å². The Morgan fingerprint density at radius 3 is 2.24 bits per heavy atom. The summed E-state index contributed by atoms with van der Waals surface area (Å²) in [4.78, 5) is 11.5. The van der Waals surface area contributed by atoms with E-state index in [9.17, 15) is 4.79 Å². The highest BCUT2D eigenvalue weighted by Gasteiger charge is 2.03. The SMILES string of the molecule is CCCC/C=C\CCCCCCCC(=O)OCCC(C)C. The smallest absolute Gasteiger partial charge is 0.305 e. The molecule has 2 heteroatoms. The van der Waals surface area contributed by atoms with Crippen molar-refractivity contribution in [3.05, 3.63) is 12.2 Å². The molecule has 0 rings (SSSR count). The van der Waals surface area contributed by atoms with Gasteiger partial charge in [-0.05, 0) is 38.0 Å².